The number of likely N-dealkylation sites (tertiary alicyclic amines) is 1. The Labute approximate surface area is 113 Å². The third kappa shape index (κ3) is 3.41. The number of carbonyl (C=O) groups excluding carboxylic acids is 2. The molecule has 4 nitrogen and oxygen atoms in total. The first-order valence-corrected chi connectivity index (χ1v) is 6.61. The number of aryl methyl sites for hydroxylation is 1. The third-order valence-electron chi connectivity index (χ3n) is 3.35. The molecule has 0 bridgehead atoms. The third-order valence-corrected chi connectivity index (χ3v) is 3.35. The standard InChI is InChI=1S/C15H19NO3/c1-3-19-15(18)12-4-5-13(11(2)8-12)9-16-7-6-14(17)10-16/h4-5,8H,3,6-7,9-10H2,1-2H3. The Morgan fingerprint density at radius 2 is 2.21 bits per heavy atom. The predicted molar refractivity (Wildman–Crippen MR) is 72.0 cm³/mol. The summed E-state index contributed by atoms with van der Waals surface area (Å²) in [7, 11) is 0. The molecule has 1 aromatic rings. The molecule has 1 fully saturated rings. The van der Waals surface area contributed by atoms with Crippen molar-refractivity contribution >= 4 is 11.8 Å². The molecule has 1 aliphatic heterocycles. The summed E-state index contributed by atoms with van der Waals surface area (Å²) >= 11 is 0. The predicted octanol–water partition coefficient (Wildman–Crippen LogP) is 1.95. The van der Waals surface area contributed by atoms with Crippen LogP contribution in [0, 0.1) is 6.92 Å². The number of hydrogen-bond donors (Lipinski definition) is 0. The van der Waals surface area contributed by atoms with Crippen molar-refractivity contribution in [1.29, 1.82) is 0 Å². The van der Waals surface area contributed by atoms with Crippen LogP contribution >= 0.6 is 0 Å². The molecule has 0 saturated carbocycles. The Bertz CT molecular complexity index is 496. The van der Waals surface area contributed by atoms with Crippen molar-refractivity contribution in [3.63, 3.8) is 0 Å². The van der Waals surface area contributed by atoms with Crippen molar-refractivity contribution in [3.8, 4) is 0 Å². The van der Waals surface area contributed by atoms with Crippen molar-refractivity contribution in [2.75, 3.05) is 19.7 Å². The van der Waals surface area contributed by atoms with Gasteiger partial charge in [0.25, 0.3) is 0 Å². The van der Waals surface area contributed by atoms with Gasteiger partial charge in [0.2, 0.25) is 0 Å². The summed E-state index contributed by atoms with van der Waals surface area (Å²) in [6.07, 6.45) is 0.653. The minimum absolute atomic E-state index is 0.284. The average molecular weight is 261 g/mol. The number of esters is 1. The first-order chi connectivity index (χ1) is 9.10. The second-order valence-electron chi connectivity index (χ2n) is 4.86. The maximum Gasteiger partial charge on any atom is 0.338 e. The van der Waals surface area contributed by atoms with Crippen molar-refractivity contribution in [2.24, 2.45) is 0 Å². The van der Waals surface area contributed by atoms with E-state index >= 15 is 0 Å². The Balaban J connectivity index is 2.06. The topological polar surface area (TPSA) is 46.6 Å². The molecule has 1 aliphatic rings. The van der Waals surface area contributed by atoms with Gasteiger partial charge >= 0.3 is 5.97 Å². The maximum absolute atomic E-state index is 11.6. The van der Waals surface area contributed by atoms with Crippen LogP contribution in [0.2, 0.25) is 0 Å². The molecule has 1 saturated heterocycles. The van der Waals surface area contributed by atoms with Gasteiger partial charge in [-0.3, -0.25) is 9.69 Å². The van der Waals surface area contributed by atoms with E-state index in [1.807, 2.05) is 19.1 Å². The number of benzene rings is 1. The fourth-order valence-electron chi connectivity index (χ4n) is 2.28. The number of ether oxygens (including phenoxy) is 1. The van der Waals surface area contributed by atoms with Gasteiger partial charge in [0.15, 0.2) is 0 Å². The highest BCUT2D eigenvalue weighted by Crippen LogP contribution is 2.16. The lowest BCUT2D eigenvalue weighted by Gasteiger charge is -2.16. The summed E-state index contributed by atoms with van der Waals surface area (Å²) in [4.78, 5) is 25.0. The van der Waals surface area contributed by atoms with Crippen LogP contribution < -0.4 is 0 Å². The zero-order valence-electron chi connectivity index (χ0n) is 11.4. The fourth-order valence-corrected chi connectivity index (χ4v) is 2.28. The second kappa shape index (κ2) is 5.97. The van der Waals surface area contributed by atoms with Crippen LogP contribution in [-0.2, 0) is 16.1 Å². The highest BCUT2D eigenvalue weighted by Gasteiger charge is 2.20. The maximum atomic E-state index is 11.6. The quantitative estimate of drug-likeness (QED) is 0.777. The van der Waals surface area contributed by atoms with Gasteiger partial charge in [0, 0.05) is 19.5 Å². The molecular weight excluding hydrogens is 242 g/mol. The minimum atomic E-state index is -0.284. The molecule has 0 aliphatic carbocycles. The van der Waals surface area contributed by atoms with E-state index in [-0.39, 0.29) is 5.97 Å². The zero-order valence-corrected chi connectivity index (χ0v) is 11.4. The normalized spacial score (nSPS) is 15.8. The number of hydrogen-bond acceptors (Lipinski definition) is 4. The summed E-state index contributed by atoms with van der Waals surface area (Å²) < 4.78 is 4.98. The van der Waals surface area contributed by atoms with Crippen molar-refractivity contribution in [2.45, 2.75) is 26.8 Å². The fraction of sp³-hybridized carbons (Fsp3) is 0.467. The van der Waals surface area contributed by atoms with Crippen molar-refractivity contribution < 1.29 is 14.3 Å². The van der Waals surface area contributed by atoms with Crippen LogP contribution in [0.25, 0.3) is 0 Å². The molecule has 0 radical (unpaired) electrons. The Kier molecular flexibility index (Phi) is 4.32. The van der Waals surface area contributed by atoms with Crippen LogP contribution in [0.3, 0.4) is 0 Å². The van der Waals surface area contributed by atoms with Crippen LogP contribution in [0.5, 0.6) is 0 Å². The number of ketones is 1. The average Bonchev–Trinajstić information content (AvgIpc) is 2.78. The van der Waals surface area contributed by atoms with Crippen molar-refractivity contribution in [1.82, 2.24) is 4.90 Å². The van der Waals surface area contributed by atoms with E-state index in [1.165, 1.54) is 0 Å². The van der Waals surface area contributed by atoms with Gasteiger partial charge in [0.05, 0.1) is 18.7 Å². The SMILES string of the molecule is CCOC(=O)c1ccc(CN2CCC(=O)C2)c(C)c1. The smallest absolute Gasteiger partial charge is 0.338 e. The van der Waals surface area contributed by atoms with Gasteiger partial charge in [-0.2, -0.15) is 0 Å². The first kappa shape index (κ1) is 13.7. The van der Waals surface area contributed by atoms with Crippen LogP contribution in [0.4, 0.5) is 0 Å². The van der Waals surface area contributed by atoms with E-state index < -0.39 is 0 Å². The van der Waals surface area contributed by atoms with Gasteiger partial charge in [-0.1, -0.05) is 6.07 Å². The van der Waals surface area contributed by atoms with Gasteiger partial charge < -0.3 is 4.74 Å². The van der Waals surface area contributed by atoms with E-state index in [9.17, 15) is 9.59 Å². The monoisotopic (exact) mass is 261 g/mol. The molecule has 0 aromatic heterocycles. The molecule has 4 heteroatoms. The molecule has 0 amide bonds. The molecule has 0 N–H and O–H groups in total. The number of Topliss-reactive ketones (excluding diaryl/α,β-unsaturated/α-hetero) is 1. The Hall–Kier alpha value is -1.68. The molecule has 2 rings (SSSR count). The number of nitrogens with zero attached hydrogens (tertiary/aromatic N) is 1. The van der Waals surface area contributed by atoms with Gasteiger partial charge in [-0.25, -0.2) is 4.79 Å². The number of rotatable bonds is 4. The largest absolute Gasteiger partial charge is 0.462 e. The lowest BCUT2D eigenvalue weighted by molar-refractivity contribution is -0.116. The van der Waals surface area contributed by atoms with E-state index in [0.29, 0.717) is 30.9 Å². The molecule has 102 valence electrons. The molecule has 0 atom stereocenters. The molecule has 19 heavy (non-hydrogen) atoms. The summed E-state index contributed by atoms with van der Waals surface area (Å²) in [5.41, 5.74) is 2.80. The second-order valence-corrected chi connectivity index (χ2v) is 4.86. The Morgan fingerprint density at radius 1 is 1.42 bits per heavy atom. The lowest BCUT2D eigenvalue weighted by Crippen LogP contribution is -2.20. The van der Waals surface area contributed by atoms with Gasteiger partial charge in [-0.05, 0) is 37.1 Å². The number of carbonyl (C=O) groups is 2. The molecule has 0 spiro atoms. The Morgan fingerprint density at radius 3 is 2.79 bits per heavy atom. The highest BCUT2D eigenvalue weighted by molar-refractivity contribution is 5.89. The van der Waals surface area contributed by atoms with E-state index in [0.717, 1.165) is 24.2 Å². The minimum Gasteiger partial charge on any atom is -0.462 e. The summed E-state index contributed by atoms with van der Waals surface area (Å²) in [5, 5.41) is 0. The summed E-state index contributed by atoms with van der Waals surface area (Å²) in [6.45, 7) is 6.30. The van der Waals surface area contributed by atoms with Gasteiger partial charge in [-0.15, -0.1) is 0 Å². The van der Waals surface area contributed by atoms with E-state index in [1.54, 1.807) is 13.0 Å². The highest BCUT2D eigenvalue weighted by atomic mass is 16.5. The molecule has 0 unspecified atom stereocenters. The molecule has 1 aromatic carbocycles. The van der Waals surface area contributed by atoms with Crippen LogP contribution in [-0.4, -0.2) is 36.3 Å². The summed E-state index contributed by atoms with van der Waals surface area (Å²) in [6, 6.07) is 5.59. The molecular formula is C15H19NO3. The van der Waals surface area contributed by atoms with E-state index in [2.05, 4.69) is 4.90 Å². The van der Waals surface area contributed by atoms with Crippen molar-refractivity contribution in [3.05, 3.63) is 34.9 Å². The lowest BCUT2D eigenvalue weighted by atomic mass is 10.0. The van der Waals surface area contributed by atoms with E-state index in [4.69, 9.17) is 4.74 Å². The zero-order chi connectivity index (χ0) is 13.8. The first-order valence-electron chi connectivity index (χ1n) is 6.61. The van der Waals surface area contributed by atoms with Crippen LogP contribution in [0.15, 0.2) is 18.2 Å². The van der Waals surface area contributed by atoms with Gasteiger partial charge in [0.1, 0.15) is 5.78 Å². The summed E-state index contributed by atoms with van der Waals surface area (Å²) in [5.74, 6) is 0.0225. The molecule has 1 heterocycles. The van der Waals surface area contributed by atoms with Crippen LogP contribution in [0.1, 0.15) is 34.8 Å².